The molecule has 3 rings (SSSR count). The summed E-state index contributed by atoms with van der Waals surface area (Å²) in [7, 11) is 1.68. The Morgan fingerprint density at radius 3 is 2.42 bits per heavy atom. The van der Waals surface area contributed by atoms with Crippen molar-refractivity contribution in [3.8, 4) is 5.75 Å². The molecule has 24 heavy (non-hydrogen) atoms. The summed E-state index contributed by atoms with van der Waals surface area (Å²) in [6, 6.07) is 15.8. The van der Waals surface area contributed by atoms with Gasteiger partial charge in [0, 0.05) is 5.56 Å². The molecule has 125 valence electrons. The van der Waals surface area contributed by atoms with E-state index in [1.165, 1.54) is 0 Å². The van der Waals surface area contributed by atoms with E-state index < -0.39 is 11.2 Å². The fourth-order valence-corrected chi connectivity index (χ4v) is 2.32. The number of hydrogen-bond acceptors (Lipinski definition) is 4. The molecule has 0 bridgehead atoms. The number of ether oxygens (including phenoxy) is 1. The summed E-state index contributed by atoms with van der Waals surface area (Å²) in [6.45, 7) is 7.21. The predicted molar refractivity (Wildman–Crippen MR) is 96.7 cm³/mol. The van der Waals surface area contributed by atoms with Crippen molar-refractivity contribution in [1.82, 2.24) is 0 Å². The van der Waals surface area contributed by atoms with Gasteiger partial charge in [-0.3, -0.25) is 0 Å². The van der Waals surface area contributed by atoms with Gasteiger partial charge in [-0.05, 0) is 39.2 Å². The monoisotopic (exact) mass is 324 g/mol. The Labute approximate surface area is 144 Å². The van der Waals surface area contributed by atoms with Crippen LogP contribution in [0.5, 0.6) is 5.75 Å². The quantitative estimate of drug-likeness (QED) is 0.830. The molecule has 1 radical (unpaired) electrons. The fourth-order valence-electron chi connectivity index (χ4n) is 2.32. The number of aliphatic hydroxyl groups is 1. The number of nitrogens with one attached hydrogen (secondary N) is 1. The molecule has 0 saturated carbocycles. The van der Waals surface area contributed by atoms with Gasteiger partial charge in [-0.25, -0.2) is 0 Å². The Morgan fingerprint density at radius 1 is 1.04 bits per heavy atom. The third-order valence-corrected chi connectivity index (χ3v) is 4.63. The first-order valence-electron chi connectivity index (χ1n) is 8.12. The second kappa shape index (κ2) is 6.15. The standard InChI is InChI=1S/C19H23BNO3/c1-18(2,22)19(3,4)24-20-14-11-8-12-15-16(14)21-17(23-15)13-9-6-5-7-10-13/h5-12,17,21-22H,1-4H3. The van der Waals surface area contributed by atoms with Gasteiger partial charge in [-0.2, -0.15) is 0 Å². The second-order valence-corrected chi connectivity index (χ2v) is 7.08. The highest BCUT2D eigenvalue weighted by Crippen LogP contribution is 2.36. The smallest absolute Gasteiger partial charge is 0.333 e. The van der Waals surface area contributed by atoms with Crippen molar-refractivity contribution >= 4 is 18.6 Å². The first-order valence-corrected chi connectivity index (χ1v) is 8.12. The summed E-state index contributed by atoms with van der Waals surface area (Å²) in [5, 5.41) is 13.6. The van der Waals surface area contributed by atoms with Crippen molar-refractivity contribution < 1.29 is 14.5 Å². The third-order valence-electron chi connectivity index (χ3n) is 4.63. The summed E-state index contributed by atoms with van der Waals surface area (Å²) in [5.41, 5.74) is 1.19. The largest absolute Gasteiger partial charge is 0.464 e. The van der Waals surface area contributed by atoms with Crippen LogP contribution in [0.4, 0.5) is 5.69 Å². The fraction of sp³-hybridized carbons (Fsp3) is 0.368. The molecule has 5 heteroatoms. The molecule has 1 heterocycles. The Morgan fingerprint density at radius 2 is 1.75 bits per heavy atom. The average Bonchev–Trinajstić information content (AvgIpc) is 2.97. The topological polar surface area (TPSA) is 50.7 Å². The van der Waals surface area contributed by atoms with Crippen LogP contribution in [-0.2, 0) is 4.65 Å². The SMILES string of the molecule is CC(C)(O)C(C)(C)O[B]c1cccc2c1NC(c1ccccc1)O2. The normalized spacial score (nSPS) is 17.0. The van der Waals surface area contributed by atoms with E-state index in [0.717, 1.165) is 22.5 Å². The van der Waals surface area contributed by atoms with Gasteiger partial charge in [0.25, 0.3) is 0 Å². The van der Waals surface area contributed by atoms with Crippen LogP contribution >= 0.6 is 0 Å². The van der Waals surface area contributed by atoms with Crippen LogP contribution in [0.3, 0.4) is 0 Å². The molecular weight excluding hydrogens is 301 g/mol. The third kappa shape index (κ3) is 3.28. The molecular formula is C19H23BNO3. The van der Waals surface area contributed by atoms with Crippen molar-refractivity contribution in [1.29, 1.82) is 0 Å². The van der Waals surface area contributed by atoms with Gasteiger partial charge in [0.15, 0.2) is 6.23 Å². The van der Waals surface area contributed by atoms with Crippen molar-refractivity contribution in [2.45, 2.75) is 45.1 Å². The molecule has 2 N–H and O–H groups in total. The van der Waals surface area contributed by atoms with Gasteiger partial charge < -0.3 is 19.8 Å². The van der Waals surface area contributed by atoms with E-state index >= 15 is 0 Å². The minimum Gasteiger partial charge on any atom is -0.464 e. The summed E-state index contributed by atoms with van der Waals surface area (Å²) in [6.07, 6.45) is -0.210. The molecule has 1 aliphatic heterocycles. The number of fused-ring (bicyclic) bond motifs is 1. The van der Waals surface area contributed by atoms with Gasteiger partial charge in [0.1, 0.15) is 5.75 Å². The van der Waals surface area contributed by atoms with Crippen LogP contribution in [0.2, 0.25) is 0 Å². The Kier molecular flexibility index (Phi) is 4.32. The number of benzene rings is 2. The molecule has 4 nitrogen and oxygen atoms in total. The minimum atomic E-state index is -0.960. The lowest BCUT2D eigenvalue weighted by Crippen LogP contribution is -2.49. The van der Waals surface area contributed by atoms with Gasteiger partial charge in [-0.1, -0.05) is 42.5 Å². The van der Waals surface area contributed by atoms with Gasteiger partial charge >= 0.3 is 7.48 Å². The molecule has 0 amide bonds. The van der Waals surface area contributed by atoms with E-state index in [2.05, 4.69) is 5.32 Å². The van der Waals surface area contributed by atoms with Crippen LogP contribution in [0.25, 0.3) is 0 Å². The molecule has 2 aromatic carbocycles. The van der Waals surface area contributed by atoms with Crippen molar-refractivity contribution in [2.24, 2.45) is 0 Å². The van der Waals surface area contributed by atoms with E-state index in [1.54, 1.807) is 21.3 Å². The van der Waals surface area contributed by atoms with Gasteiger partial charge in [-0.15, -0.1) is 0 Å². The second-order valence-electron chi connectivity index (χ2n) is 7.08. The summed E-state index contributed by atoms with van der Waals surface area (Å²) < 4.78 is 11.9. The van der Waals surface area contributed by atoms with E-state index in [-0.39, 0.29) is 6.23 Å². The van der Waals surface area contributed by atoms with E-state index in [4.69, 9.17) is 9.39 Å². The number of hydrogen-bond donors (Lipinski definition) is 2. The average molecular weight is 324 g/mol. The molecule has 2 aromatic rings. The van der Waals surface area contributed by atoms with Crippen LogP contribution in [0.15, 0.2) is 48.5 Å². The molecule has 1 atom stereocenters. The molecule has 0 spiro atoms. The summed E-state index contributed by atoms with van der Waals surface area (Å²) in [4.78, 5) is 0. The van der Waals surface area contributed by atoms with E-state index in [9.17, 15) is 5.11 Å². The number of anilines is 1. The first-order chi connectivity index (χ1) is 11.3. The van der Waals surface area contributed by atoms with Gasteiger partial charge in [0.2, 0.25) is 0 Å². The van der Waals surface area contributed by atoms with Crippen LogP contribution < -0.4 is 15.5 Å². The number of rotatable bonds is 5. The van der Waals surface area contributed by atoms with Crippen molar-refractivity contribution in [2.75, 3.05) is 5.32 Å². The highest BCUT2D eigenvalue weighted by Gasteiger charge is 2.36. The molecule has 0 fully saturated rings. The van der Waals surface area contributed by atoms with E-state index in [1.807, 2.05) is 62.4 Å². The maximum absolute atomic E-state index is 10.2. The highest BCUT2D eigenvalue weighted by molar-refractivity contribution is 6.50. The summed E-state index contributed by atoms with van der Waals surface area (Å²) >= 11 is 0. The van der Waals surface area contributed by atoms with Crippen LogP contribution in [0, 0.1) is 0 Å². The molecule has 0 aromatic heterocycles. The van der Waals surface area contributed by atoms with Crippen LogP contribution in [0.1, 0.15) is 39.5 Å². The van der Waals surface area contributed by atoms with Crippen LogP contribution in [-0.4, -0.2) is 23.8 Å². The summed E-state index contributed by atoms with van der Waals surface area (Å²) in [5.74, 6) is 0.794. The maximum atomic E-state index is 10.2. The maximum Gasteiger partial charge on any atom is 0.333 e. The zero-order valence-electron chi connectivity index (χ0n) is 14.5. The van der Waals surface area contributed by atoms with Gasteiger partial charge in [0.05, 0.1) is 16.9 Å². The predicted octanol–water partition coefficient (Wildman–Crippen LogP) is 3.00. The Balaban J connectivity index is 1.77. The molecule has 0 aliphatic carbocycles. The lowest BCUT2D eigenvalue weighted by atomic mass is 9.81. The Bertz CT molecular complexity index is 710. The Hall–Kier alpha value is -1.98. The van der Waals surface area contributed by atoms with Crippen molar-refractivity contribution in [3.05, 3.63) is 54.1 Å². The highest BCUT2D eigenvalue weighted by atomic mass is 16.5. The zero-order valence-corrected chi connectivity index (χ0v) is 14.5. The first kappa shape index (κ1) is 16.9. The minimum absolute atomic E-state index is 0.210. The molecule has 0 saturated heterocycles. The van der Waals surface area contributed by atoms with Crippen molar-refractivity contribution in [3.63, 3.8) is 0 Å². The zero-order chi connectivity index (χ0) is 17.4. The lowest BCUT2D eigenvalue weighted by molar-refractivity contribution is -0.0893. The lowest BCUT2D eigenvalue weighted by Gasteiger charge is -2.37. The molecule has 1 unspecified atom stereocenters. The number of para-hydroxylation sites is 1. The van der Waals surface area contributed by atoms with E-state index in [0.29, 0.717) is 0 Å². The molecule has 1 aliphatic rings.